The van der Waals surface area contributed by atoms with Crippen LogP contribution >= 0.6 is 0 Å². The lowest BCUT2D eigenvalue weighted by Crippen LogP contribution is -2.17. The molecule has 134 valence electrons. The van der Waals surface area contributed by atoms with E-state index in [-0.39, 0.29) is 30.8 Å². The predicted octanol–water partition coefficient (Wildman–Crippen LogP) is 3.47. The molecule has 1 heterocycles. The number of halogens is 3. The van der Waals surface area contributed by atoms with Gasteiger partial charge in [-0.05, 0) is 30.7 Å². The van der Waals surface area contributed by atoms with Gasteiger partial charge in [-0.25, -0.2) is 0 Å². The summed E-state index contributed by atoms with van der Waals surface area (Å²) in [6.45, 7) is 2.14. The summed E-state index contributed by atoms with van der Waals surface area (Å²) in [4.78, 5) is 15.5. The molecule has 0 unspecified atom stereocenters. The zero-order chi connectivity index (χ0) is 18.4. The number of nitrogens with zero attached hydrogens (tertiary/aromatic N) is 1. The van der Waals surface area contributed by atoms with Crippen LogP contribution in [0.2, 0.25) is 0 Å². The number of aromatic nitrogens is 1. The Kier molecular flexibility index (Phi) is 5.84. The number of nitrogens with one attached hydrogen (secondary N) is 2. The van der Waals surface area contributed by atoms with E-state index in [1.54, 1.807) is 31.2 Å². The summed E-state index contributed by atoms with van der Waals surface area (Å²) in [5, 5.41) is 5.36. The van der Waals surface area contributed by atoms with Crippen LogP contribution in [-0.4, -0.2) is 24.5 Å². The van der Waals surface area contributed by atoms with Crippen LogP contribution in [0.15, 0.2) is 36.4 Å². The topological polar surface area (TPSA) is 63.2 Å². The summed E-state index contributed by atoms with van der Waals surface area (Å²) in [6.07, 6.45) is -4.49. The highest BCUT2D eigenvalue weighted by Gasteiger charge is 2.32. The Balaban J connectivity index is 2.14. The van der Waals surface area contributed by atoms with Gasteiger partial charge in [0.05, 0.1) is 12.2 Å². The first kappa shape index (κ1) is 18.6. The van der Waals surface area contributed by atoms with E-state index < -0.39 is 11.7 Å². The summed E-state index contributed by atoms with van der Waals surface area (Å²) >= 11 is 0. The van der Waals surface area contributed by atoms with Gasteiger partial charge in [0.15, 0.2) is 0 Å². The lowest BCUT2D eigenvalue weighted by Gasteiger charge is -2.13. The Labute approximate surface area is 143 Å². The molecule has 2 N–H and O–H groups in total. The van der Waals surface area contributed by atoms with Gasteiger partial charge in [0.1, 0.15) is 5.82 Å². The van der Waals surface area contributed by atoms with Gasteiger partial charge in [-0.3, -0.25) is 4.79 Å². The van der Waals surface area contributed by atoms with E-state index >= 15 is 0 Å². The molecule has 0 saturated heterocycles. The summed E-state index contributed by atoms with van der Waals surface area (Å²) in [5.74, 6) is -0.233. The molecule has 25 heavy (non-hydrogen) atoms. The number of rotatable bonds is 6. The number of carbonyl (C=O) groups is 1. The first-order valence-corrected chi connectivity index (χ1v) is 7.60. The highest BCUT2D eigenvalue weighted by atomic mass is 19.4. The van der Waals surface area contributed by atoms with Crippen LogP contribution in [0.5, 0.6) is 5.88 Å². The lowest BCUT2D eigenvalue weighted by atomic mass is 10.1. The standard InChI is InChI=1S/C17H18F3N3O2/c1-3-25-15-9-13(17(18,19)20)8-14(23-15)22-10-11-4-6-12(7-5-11)16(24)21-2/h4-9H,3,10H2,1-2H3,(H,21,24)(H,22,23). The monoisotopic (exact) mass is 353 g/mol. The number of carbonyl (C=O) groups excluding carboxylic acids is 1. The molecule has 1 amide bonds. The first-order chi connectivity index (χ1) is 11.8. The molecule has 2 rings (SSSR count). The molecule has 0 aliphatic heterocycles. The van der Waals surface area contributed by atoms with Crippen molar-refractivity contribution >= 4 is 11.7 Å². The molecule has 8 heteroatoms. The van der Waals surface area contributed by atoms with Crippen molar-refractivity contribution < 1.29 is 22.7 Å². The predicted molar refractivity (Wildman–Crippen MR) is 87.6 cm³/mol. The molecule has 0 aliphatic carbocycles. The largest absolute Gasteiger partial charge is 0.478 e. The second-order valence-electron chi connectivity index (χ2n) is 5.14. The molecule has 1 aromatic heterocycles. The minimum Gasteiger partial charge on any atom is -0.478 e. The zero-order valence-electron chi connectivity index (χ0n) is 13.8. The van der Waals surface area contributed by atoms with Crippen molar-refractivity contribution in [3.8, 4) is 5.88 Å². The van der Waals surface area contributed by atoms with Crippen LogP contribution in [0.25, 0.3) is 0 Å². The lowest BCUT2D eigenvalue weighted by molar-refractivity contribution is -0.137. The van der Waals surface area contributed by atoms with Gasteiger partial charge in [0.2, 0.25) is 5.88 Å². The Hall–Kier alpha value is -2.77. The highest BCUT2D eigenvalue weighted by molar-refractivity contribution is 5.93. The van der Waals surface area contributed by atoms with Crippen LogP contribution in [0.3, 0.4) is 0 Å². The van der Waals surface area contributed by atoms with Gasteiger partial charge in [0.25, 0.3) is 5.91 Å². The number of benzene rings is 1. The molecule has 0 fully saturated rings. The quantitative estimate of drug-likeness (QED) is 0.835. The number of amides is 1. The Morgan fingerprint density at radius 1 is 1.20 bits per heavy atom. The molecular formula is C17H18F3N3O2. The number of ether oxygens (including phenoxy) is 1. The Morgan fingerprint density at radius 3 is 2.44 bits per heavy atom. The van der Waals surface area contributed by atoms with Crippen LogP contribution in [-0.2, 0) is 12.7 Å². The van der Waals surface area contributed by atoms with E-state index in [4.69, 9.17) is 4.74 Å². The first-order valence-electron chi connectivity index (χ1n) is 7.60. The fraction of sp³-hybridized carbons (Fsp3) is 0.294. The summed E-state index contributed by atoms with van der Waals surface area (Å²) in [7, 11) is 1.53. The van der Waals surface area contributed by atoms with Gasteiger partial charge in [-0.15, -0.1) is 0 Å². The minimum absolute atomic E-state index is 0.0636. The van der Waals surface area contributed by atoms with Crippen molar-refractivity contribution in [3.63, 3.8) is 0 Å². The fourth-order valence-electron chi connectivity index (χ4n) is 2.09. The number of hydrogen-bond donors (Lipinski definition) is 2. The number of pyridine rings is 1. The van der Waals surface area contributed by atoms with Crippen LogP contribution in [0, 0.1) is 0 Å². The number of hydrogen-bond acceptors (Lipinski definition) is 4. The van der Waals surface area contributed by atoms with E-state index in [1.807, 2.05) is 0 Å². The maximum atomic E-state index is 13.0. The normalized spacial score (nSPS) is 11.1. The van der Waals surface area contributed by atoms with E-state index in [2.05, 4.69) is 15.6 Å². The summed E-state index contributed by atoms with van der Waals surface area (Å²) in [6, 6.07) is 8.51. The average Bonchev–Trinajstić information content (AvgIpc) is 2.59. The van der Waals surface area contributed by atoms with Crippen molar-refractivity contribution in [2.24, 2.45) is 0 Å². The highest BCUT2D eigenvalue weighted by Crippen LogP contribution is 2.32. The van der Waals surface area contributed by atoms with Crippen molar-refractivity contribution in [1.82, 2.24) is 10.3 Å². The molecule has 0 bridgehead atoms. The summed E-state index contributed by atoms with van der Waals surface area (Å²) < 4.78 is 44.0. The third kappa shape index (κ3) is 5.10. The van der Waals surface area contributed by atoms with Gasteiger partial charge >= 0.3 is 6.18 Å². The maximum Gasteiger partial charge on any atom is 0.416 e. The molecular weight excluding hydrogens is 335 g/mol. The molecule has 0 radical (unpaired) electrons. The Bertz CT molecular complexity index is 731. The molecule has 0 atom stereocenters. The van der Waals surface area contributed by atoms with E-state index in [9.17, 15) is 18.0 Å². The van der Waals surface area contributed by atoms with Crippen molar-refractivity contribution in [3.05, 3.63) is 53.1 Å². The SMILES string of the molecule is CCOc1cc(C(F)(F)F)cc(NCc2ccc(C(=O)NC)cc2)n1. The molecule has 0 aliphatic rings. The van der Waals surface area contributed by atoms with Crippen molar-refractivity contribution in [2.75, 3.05) is 19.0 Å². The Morgan fingerprint density at radius 2 is 1.88 bits per heavy atom. The number of anilines is 1. The molecule has 2 aromatic rings. The second-order valence-corrected chi connectivity index (χ2v) is 5.14. The molecule has 1 aromatic carbocycles. The van der Waals surface area contributed by atoms with Gasteiger partial charge in [-0.2, -0.15) is 18.2 Å². The van der Waals surface area contributed by atoms with E-state index in [0.717, 1.165) is 17.7 Å². The molecule has 5 nitrogen and oxygen atoms in total. The molecule has 0 saturated carbocycles. The zero-order valence-corrected chi connectivity index (χ0v) is 13.8. The van der Waals surface area contributed by atoms with Gasteiger partial charge < -0.3 is 15.4 Å². The number of alkyl halides is 3. The third-order valence-electron chi connectivity index (χ3n) is 3.34. The third-order valence-corrected chi connectivity index (χ3v) is 3.34. The average molecular weight is 353 g/mol. The van der Waals surface area contributed by atoms with Gasteiger partial charge in [-0.1, -0.05) is 12.1 Å². The van der Waals surface area contributed by atoms with E-state index in [1.165, 1.54) is 7.05 Å². The fourth-order valence-corrected chi connectivity index (χ4v) is 2.09. The van der Waals surface area contributed by atoms with Crippen molar-refractivity contribution in [2.45, 2.75) is 19.6 Å². The van der Waals surface area contributed by atoms with Crippen LogP contribution in [0.1, 0.15) is 28.4 Å². The smallest absolute Gasteiger partial charge is 0.416 e. The van der Waals surface area contributed by atoms with Crippen LogP contribution in [0.4, 0.5) is 19.0 Å². The maximum absolute atomic E-state index is 13.0. The second kappa shape index (κ2) is 7.87. The van der Waals surface area contributed by atoms with E-state index in [0.29, 0.717) is 5.56 Å². The molecule has 0 spiro atoms. The van der Waals surface area contributed by atoms with Crippen molar-refractivity contribution in [1.29, 1.82) is 0 Å². The van der Waals surface area contributed by atoms with Crippen LogP contribution < -0.4 is 15.4 Å². The van der Waals surface area contributed by atoms with Gasteiger partial charge in [0, 0.05) is 25.2 Å². The minimum atomic E-state index is -4.49. The summed E-state index contributed by atoms with van der Waals surface area (Å²) in [5.41, 5.74) is 0.468.